The van der Waals surface area contributed by atoms with Gasteiger partial charge in [-0.05, 0) is 48.9 Å². The van der Waals surface area contributed by atoms with E-state index in [-0.39, 0.29) is 0 Å². The Morgan fingerprint density at radius 1 is 1.21 bits per heavy atom. The molecule has 0 fully saturated rings. The Balaban J connectivity index is 2.21. The molecular formula is C17H23NS. The summed E-state index contributed by atoms with van der Waals surface area (Å²) >= 11 is 1.88. The summed E-state index contributed by atoms with van der Waals surface area (Å²) in [6, 6.07) is 11.6. The fourth-order valence-corrected chi connectivity index (χ4v) is 3.60. The third-order valence-corrected chi connectivity index (χ3v) is 4.52. The minimum absolute atomic E-state index is 0.446. The van der Waals surface area contributed by atoms with E-state index in [1.54, 1.807) is 0 Å². The molecule has 0 aliphatic rings. The molecular weight excluding hydrogens is 250 g/mol. The number of nitrogens with one attached hydrogen (secondary N) is 1. The Bertz CT molecular complexity index is 515. The van der Waals surface area contributed by atoms with Crippen molar-refractivity contribution in [3.8, 4) is 0 Å². The van der Waals surface area contributed by atoms with Crippen molar-refractivity contribution in [3.63, 3.8) is 0 Å². The van der Waals surface area contributed by atoms with Crippen molar-refractivity contribution in [3.05, 3.63) is 57.3 Å². The van der Waals surface area contributed by atoms with E-state index in [0.717, 1.165) is 19.4 Å². The van der Waals surface area contributed by atoms with Gasteiger partial charge in [-0.1, -0.05) is 43.7 Å². The summed E-state index contributed by atoms with van der Waals surface area (Å²) in [5.41, 5.74) is 4.25. The van der Waals surface area contributed by atoms with E-state index in [2.05, 4.69) is 61.8 Å². The van der Waals surface area contributed by atoms with Gasteiger partial charge in [0, 0.05) is 10.9 Å². The van der Waals surface area contributed by atoms with Crippen molar-refractivity contribution in [2.24, 2.45) is 0 Å². The fourth-order valence-electron chi connectivity index (χ4n) is 2.52. The molecule has 2 aromatic rings. The lowest BCUT2D eigenvalue weighted by molar-refractivity contribution is 0.554. The van der Waals surface area contributed by atoms with Gasteiger partial charge in [-0.2, -0.15) is 0 Å². The maximum Gasteiger partial charge on any atom is 0.0458 e. The molecule has 1 nitrogen and oxygen atoms in total. The molecule has 19 heavy (non-hydrogen) atoms. The van der Waals surface area contributed by atoms with Crippen molar-refractivity contribution in [2.45, 2.75) is 39.7 Å². The SMILES string of the molecule is CCNC(Cc1cccc(C)c1)c1sccc1CC. The van der Waals surface area contributed by atoms with E-state index in [0.29, 0.717) is 6.04 Å². The van der Waals surface area contributed by atoms with Gasteiger partial charge in [-0.15, -0.1) is 11.3 Å². The summed E-state index contributed by atoms with van der Waals surface area (Å²) in [4.78, 5) is 1.51. The third-order valence-electron chi connectivity index (χ3n) is 3.45. The minimum atomic E-state index is 0.446. The highest BCUT2D eigenvalue weighted by Crippen LogP contribution is 2.28. The molecule has 0 radical (unpaired) electrons. The van der Waals surface area contributed by atoms with Crippen LogP contribution in [0.2, 0.25) is 0 Å². The highest BCUT2D eigenvalue weighted by molar-refractivity contribution is 7.10. The van der Waals surface area contributed by atoms with Crippen molar-refractivity contribution in [1.29, 1.82) is 0 Å². The van der Waals surface area contributed by atoms with E-state index < -0.39 is 0 Å². The van der Waals surface area contributed by atoms with Crippen LogP contribution in [0.15, 0.2) is 35.7 Å². The summed E-state index contributed by atoms with van der Waals surface area (Å²) in [7, 11) is 0. The first kappa shape index (κ1) is 14.3. The van der Waals surface area contributed by atoms with Crippen LogP contribution in [0.1, 0.15) is 41.5 Å². The van der Waals surface area contributed by atoms with Gasteiger partial charge in [-0.3, -0.25) is 0 Å². The highest BCUT2D eigenvalue weighted by Gasteiger charge is 2.15. The molecule has 102 valence electrons. The van der Waals surface area contributed by atoms with Crippen LogP contribution in [0, 0.1) is 6.92 Å². The zero-order valence-corrected chi connectivity index (χ0v) is 12.9. The Hall–Kier alpha value is -1.12. The van der Waals surface area contributed by atoms with Crippen LogP contribution in [0.4, 0.5) is 0 Å². The summed E-state index contributed by atoms with van der Waals surface area (Å²) in [6.45, 7) is 7.59. The van der Waals surface area contributed by atoms with E-state index in [4.69, 9.17) is 0 Å². The fraction of sp³-hybridized carbons (Fsp3) is 0.412. The van der Waals surface area contributed by atoms with E-state index in [9.17, 15) is 0 Å². The van der Waals surface area contributed by atoms with Crippen LogP contribution in [0.25, 0.3) is 0 Å². The number of thiophene rings is 1. The molecule has 0 saturated carbocycles. The van der Waals surface area contributed by atoms with Crippen molar-refractivity contribution >= 4 is 11.3 Å². The lowest BCUT2D eigenvalue weighted by atomic mass is 10.00. The molecule has 1 aromatic heterocycles. The second-order valence-corrected chi connectivity index (χ2v) is 5.91. The maximum absolute atomic E-state index is 3.64. The lowest BCUT2D eigenvalue weighted by Crippen LogP contribution is -2.23. The summed E-state index contributed by atoms with van der Waals surface area (Å²) in [6.07, 6.45) is 2.19. The van der Waals surface area contributed by atoms with Gasteiger partial charge in [0.25, 0.3) is 0 Å². The van der Waals surface area contributed by atoms with Gasteiger partial charge in [0.05, 0.1) is 0 Å². The van der Waals surface area contributed by atoms with Crippen LogP contribution in [-0.4, -0.2) is 6.54 Å². The van der Waals surface area contributed by atoms with Gasteiger partial charge < -0.3 is 5.32 Å². The molecule has 1 unspecified atom stereocenters. The average Bonchev–Trinajstić information content (AvgIpc) is 2.86. The first-order valence-electron chi connectivity index (χ1n) is 7.09. The number of hydrogen-bond acceptors (Lipinski definition) is 2. The predicted molar refractivity (Wildman–Crippen MR) is 85.0 cm³/mol. The number of aryl methyl sites for hydroxylation is 2. The van der Waals surface area contributed by atoms with Crippen LogP contribution in [-0.2, 0) is 12.8 Å². The van der Waals surface area contributed by atoms with E-state index in [1.807, 2.05) is 11.3 Å². The molecule has 1 N–H and O–H groups in total. The zero-order chi connectivity index (χ0) is 13.7. The zero-order valence-electron chi connectivity index (χ0n) is 12.1. The maximum atomic E-state index is 3.64. The number of benzene rings is 1. The van der Waals surface area contributed by atoms with Crippen LogP contribution >= 0.6 is 11.3 Å². The van der Waals surface area contributed by atoms with Crippen LogP contribution < -0.4 is 5.32 Å². The largest absolute Gasteiger partial charge is 0.309 e. The molecule has 0 aliphatic carbocycles. The average molecular weight is 273 g/mol. The van der Waals surface area contributed by atoms with Crippen LogP contribution in [0.5, 0.6) is 0 Å². The van der Waals surface area contributed by atoms with Crippen LogP contribution in [0.3, 0.4) is 0 Å². The molecule has 0 spiro atoms. The van der Waals surface area contributed by atoms with Gasteiger partial charge in [0.2, 0.25) is 0 Å². The predicted octanol–water partition coefficient (Wildman–Crippen LogP) is 4.51. The molecule has 1 aromatic carbocycles. The lowest BCUT2D eigenvalue weighted by Gasteiger charge is -2.18. The molecule has 1 heterocycles. The topological polar surface area (TPSA) is 12.0 Å². The molecule has 2 rings (SSSR count). The van der Waals surface area contributed by atoms with Crippen molar-refractivity contribution in [2.75, 3.05) is 6.54 Å². The van der Waals surface area contributed by atoms with Gasteiger partial charge in [0.15, 0.2) is 0 Å². The Kier molecular flexibility index (Phi) is 5.17. The summed E-state index contributed by atoms with van der Waals surface area (Å²) < 4.78 is 0. The van der Waals surface area contributed by atoms with Gasteiger partial charge >= 0.3 is 0 Å². The van der Waals surface area contributed by atoms with E-state index in [1.165, 1.54) is 21.6 Å². The molecule has 0 aliphatic heterocycles. The van der Waals surface area contributed by atoms with E-state index >= 15 is 0 Å². The Labute approximate surface area is 120 Å². The number of likely N-dealkylation sites (N-methyl/N-ethyl adjacent to an activating group) is 1. The quantitative estimate of drug-likeness (QED) is 0.816. The second-order valence-electron chi connectivity index (χ2n) is 4.97. The highest BCUT2D eigenvalue weighted by atomic mass is 32.1. The monoisotopic (exact) mass is 273 g/mol. The molecule has 0 saturated heterocycles. The standard InChI is InChI=1S/C17H23NS/c1-4-15-9-10-19-17(15)16(18-5-2)12-14-8-6-7-13(3)11-14/h6-11,16,18H,4-5,12H2,1-3H3. The first-order valence-corrected chi connectivity index (χ1v) is 7.97. The first-order chi connectivity index (χ1) is 9.24. The van der Waals surface area contributed by atoms with Crippen molar-refractivity contribution in [1.82, 2.24) is 5.32 Å². The molecule has 2 heteroatoms. The number of hydrogen-bond donors (Lipinski definition) is 1. The normalized spacial score (nSPS) is 12.6. The molecule has 1 atom stereocenters. The molecule has 0 amide bonds. The van der Waals surface area contributed by atoms with Gasteiger partial charge in [0.1, 0.15) is 0 Å². The smallest absolute Gasteiger partial charge is 0.0458 e. The summed E-state index contributed by atoms with van der Waals surface area (Å²) in [5, 5.41) is 5.86. The summed E-state index contributed by atoms with van der Waals surface area (Å²) in [5.74, 6) is 0. The van der Waals surface area contributed by atoms with Crippen molar-refractivity contribution < 1.29 is 0 Å². The Morgan fingerprint density at radius 3 is 2.74 bits per heavy atom. The number of rotatable bonds is 6. The minimum Gasteiger partial charge on any atom is -0.309 e. The van der Waals surface area contributed by atoms with Gasteiger partial charge in [-0.25, -0.2) is 0 Å². The third kappa shape index (κ3) is 3.68. The second kappa shape index (κ2) is 6.88. The molecule has 0 bridgehead atoms. The Morgan fingerprint density at radius 2 is 2.05 bits per heavy atom.